The number of sulfone groups is 1. The van der Waals surface area contributed by atoms with Crippen LogP contribution >= 0.6 is 0 Å². The number of H-pyrrole nitrogens is 1. The number of carbonyl (C=O) groups excluding carboxylic acids is 1. The van der Waals surface area contributed by atoms with E-state index in [0.717, 1.165) is 16.8 Å². The minimum atomic E-state index is -3.04. The van der Waals surface area contributed by atoms with Crippen LogP contribution in [0.15, 0.2) is 66.9 Å². The molecule has 1 aliphatic rings. The molecule has 0 aliphatic carbocycles. The molecule has 0 saturated carbocycles. The molecule has 2 N–H and O–H groups in total. The molecule has 2 unspecified atom stereocenters. The third-order valence-electron chi connectivity index (χ3n) is 5.56. The van der Waals surface area contributed by atoms with E-state index in [1.54, 1.807) is 6.20 Å². The third-order valence-corrected chi connectivity index (χ3v) is 7.17. The van der Waals surface area contributed by atoms with Crippen LogP contribution in [0.5, 0.6) is 0 Å². The molecule has 1 amide bonds. The molecule has 3 aromatic rings. The Morgan fingerprint density at radius 1 is 1.03 bits per heavy atom. The number of benzene rings is 2. The normalized spacial score (nSPS) is 18.2. The quantitative estimate of drug-likeness (QED) is 0.617. The minimum Gasteiger partial charge on any atom is -0.345 e. The summed E-state index contributed by atoms with van der Waals surface area (Å²) in [7, 11) is -3.04. The number of rotatable bonds is 6. The summed E-state index contributed by atoms with van der Waals surface area (Å²) in [6.07, 6.45) is 1.76. The average Bonchev–Trinajstić information content (AvgIpc) is 3.27. The van der Waals surface area contributed by atoms with Crippen molar-refractivity contribution in [2.75, 3.05) is 24.6 Å². The van der Waals surface area contributed by atoms with E-state index >= 15 is 0 Å². The maximum absolute atomic E-state index is 13.3. The molecule has 1 aliphatic heterocycles. The topological polar surface area (TPSA) is 95.2 Å². The number of aromatic nitrogens is 2. The second-order valence-electron chi connectivity index (χ2n) is 7.78. The fraction of sp³-hybridized carbons (Fsp3) is 0.304. The van der Waals surface area contributed by atoms with Crippen molar-refractivity contribution in [2.45, 2.75) is 19.0 Å². The molecular formula is C23H26N4O3S. The Morgan fingerprint density at radius 2 is 1.65 bits per heavy atom. The summed E-state index contributed by atoms with van der Waals surface area (Å²) in [6, 6.07) is 18.5. The van der Waals surface area contributed by atoms with Crippen LogP contribution in [0.3, 0.4) is 0 Å². The summed E-state index contributed by atoms with van der Waals surface area (Å²) in [6.45, 7) is 2.55. The maximum atomic E-state index is 13.3. The monoisotopic (exact) mass is 438 g/mol. The van der Waals surface area contributed by atoms with Gasteiger partial charge in [0.2, 0.25) is 5.91 Å². The molecule has 8 heteroatoms. The van der Waals surface area contributed by atoms with Crippen LogP contribution in [-0.4, -0.2) is 53.8 Å². The standard InChI is InChI=1S/C23H26N4O3S/c1-17(22-24-16-20(26-22)18-8-4-2-5-9-18)25-23(28)21(19-10-6-3-7-11-19)27-12-14-31(29,30)15-13-27/h2-11,16-17,21H,12-15H2,1H3,(H,24,26)(H,25,28). The second-order valence-corrected chi connectivity index (χ2v) is 10.1. The van der Waals surface area contributed by atoms with Crippen molar-refractivity contribution in [3.05, 3.63) is 78.2 Å². The molecule has 1 aromatic heterocycles. The first-order valence-corrected chi connectivity index (χ1v) is 12.2. The predicted octanol–water partition coefficient (Wildman–Crippen LogP) is 2.73. The number of hydrogen-bond donors (Lipinski definition) is 2. The van der Waals surface area contributed by atoms with E-state index in [0.29, 0.717) is 18.9 Å². The van der Waals surface area contributed by atoms with Gasteiger partial charge in [0.25, 0.3) is 0 Å². The van der Waals surface area contributed by atoms with Gasteiger partial charge in [0.15, 0.2) is 9.84 Å². The summed E-state index contributed by atoms with van der Waals surface area (Å²) in [5, 5.41) is 3.05. The van der Waals surface area contributed by atoms with Crippen molar-refractivity contribution in [1.82, 2.24) is 20.2 Å². The highest BCUT2D eigenvalue weighted by Gasteiger charge is 2.33. The zero-order chi connectivity index (χ0) is 21.8. The Balaban J connectivity index is 1.52. The average molecular weight is 439 g/mol. The van der Waals surface area contributed by atoms with E-state index in [2.05, 4.69) is 15.3 Å². The van der Waals surface area contributed by atoms with Gasteiger partial charge in [0, 0.05) is 13.1 Å². The molecule has 2 heterocycles. The van der Waals surface area contributed by atoms with E-state index < -0.39 is 15.9 Å². The van der Waals surface area contributed by atoms with E-state index in [1.165, 1.54) is 0 Å². The molecule has 31 heavy (non-hydrogen) atoms. The highest BCUT2D eigenvalue weighted by molar-refractivity contribution is 7.91. The maximum Gasteiger partial charge on any atom is 0.242 e. The van der Waals surface area contributed by atoms with Crippen molar-refractivity contribution in [3.8, 4) is 11.3 Å². The second kappa shape index (κ2) is 9.03. The van der Waals surface area contributed by atoms with Gasteiger partial charge in [0.1, 0.15) is 11.9 Å². The fourth-order valence-electron chi connectivity index (χ4n) is 3.83. The number of aromatic amines is 1. The van der Waals surface area contributed by atoms with Crippen molar-refractivity contribution < 1.29 is 13.2 Å². The lowest BCUT2D eigenvalue weighted by Gasteiger charge is -2.34. The zero-order valence-corrected chi connectivity index (χ0v) is 18.2. The molecule has 1 saturated heterocycles. The lowest BCUT2D eigenvalue weighted by atomic mass is 10.0. The van der Waals surface area contributed by atoms with Crippen molar-refractivity contribution in [3.63, 3.8) is 0 Å². The Morgan fingerprint density at radius 3 is 2.29 bits per heavy atom. The van der Waals surface area contributed by atoms with Crippen LogP contribution in [0.4, 0.5) is 0 Å². The molecule has 2 atom stereocenters. The molecule has 162 valence electrons. The summed E-state index contributed by atoms with van der Waals surface area (Å²) < 4.78 is 23.7. The Labute approximate surface area is 182 Å². The third kappa shape index (κ3) is 5.03. The van der Waals surface area contributed by atoms with E-state index in [9.17, 15) is 13.2 Å². The van der Waals surface area contributed by atoms with E-state index in [1.807, 2.05) is 72.5 Å². The first-order valence-electron chi connectivity index (χ1n) is 10.3. The van der Waals surface area contributed by atoms with Gasteiger partial charge in [-0.05, 0) is 18.1 Å². The van der Waals surface area contributed by atoms with Gasteiger partial charge in [-0.2, -0.15) is 0 Å². The van der Waals surface area contributed by atoms with Gasteiger partial charge in [0.05, 0.1) is 29.4 Å². The van der Waals surface area contributed by atoms with Gasteiger partial charge in [-0.3, -0.25) is 9.69 Å². The molecule has 1 fully saturated rings. The lowest BCUT2D eigenvalue weighted by molar-refractivity contribution is -0.127. The summed E-state index contributed by atoms with van der Waals surface area (Å²) in [4.78, 5) is 23.0. The smallest absolute Gasteiger partial charge is 0.242 e. The van der Waals surface area contributed by atoms with Crippen LogP contribution in [0.2, 0.25) is 0 Å². The van der Waals surface area contributed by atoms with Crippen LogP contribution < -0.4 is 5.32 Å². The largest absolute Gasteiger partial charge is 0.345 e. The highest BCUT2D eigenvalue weighted by Crippen LogP contribution is 2.25. The molecule has 0 bridgehead atoms. The Kier molecular flexibility index (Phi) is 6.20. The number of imidazole rings is 1. The Hall–Kier alpha value is -2.97. The first-order chi connectivity index (χ1) is 14.9. The van der Waals surface area contributed by atoms with Crippen LogP contribution in [0, 0.1) is 0 Å². The molecular weight excluding hydrogens is 412 g/mol. The lowest BCUT2D eigenvalue weighted by Crippen LogP contribution is -2.48. The number of amides is 1. The summed E-state index contributed by atoms with van der Waals surface area (Å²) >= 11 is 0. The number of nitrogens with one attached hydrogen (secondary N) is 2. The van der Waals surface area contributed by atoms with Crippen LogP contribution in [0.25, 0.3) is 11.3 Å². The molecule has 0 spiro atoms. The summed E-state index contributed by atoms with van der Waals surface area (Å²) in [5.74, 6) is 0.631. The van der Waals surface area contributed by atoms with Gasteiger partial charge < -0.3 is 10.3 Å². The number of nitrogens with zero attached hydrogens (tertiary/aromatic N) is 2. The summed E-state index contributed by atoms with van der Waals surface area (Å²) in [5.41, 5.74) is 2.75. The minimum absolute atomic E-state index is 0.0672. The fourth-order valence-corrected chi connectivity index (χ4v) is 5.06. The van der Waals surface area contributed by atoms with E-state index in [4.69, 9.17) is 0 Å². The number of carbonyl (C=O) groups is 1. The van der Waals surface area contributed by atoms with Crippen molar-refractivity contribution >= 4 is 15.7 Å². The number of hydrogen-bond acceptors (Lipinski definition) is 5. The first kappa shape index (κ1) is 21.3. The molecule has 7 nitrogen and oxygen atoms in total. The molecule has 4 rings (SSSR count). The molecule has 2 aromatic carbocycles. The van der Waals surface area contributed by atoms with Gasteiger partial charge >= 0.3 is 0 Å². The van der Waals surface area contributed by atoms with E-state index in [-0.39, 0.29) is 23.5 Å². The van der Waals surface area contributed by atoms with Crippen LogP contribution in [0.1, 0.15) is 30.4 Å². The SMILES string of the molecule is CC(NC(=O)C(c1ccccc1)N1CCS(=O)(=O)CC1)c1ncc(-c2ccccc2)[nH]1. The Bertz CT molecular complexity index is 1120. The molecule has 0 radical (unpaired) electrons. The van der Waals surface area contributed by atoms with Crippen molar-refractivity contribution in [1.29, 1.82) is 0 Å². The van der Waals surface area contributed by atoms with Gasteiger partial charge in [-0.15, -0.1) is 0 Å². The van der Waals surface area contributed by atoms with Crippen molar-refractivity contribution in [2.24, 2.45) is 0 Å². The van der Waals surface area contributed by atoms with Gasteiger partial charge in [-0.25, -0.2) is 13.4 Å². The zero-order valence-electron chi connectivity index (χ0n) is 17.4. The highest BCUT2D eigenvalue weighted by atomic mass is 32.2. The van der Waals surface area contributed by atoms with Crippen LogP contribution in [-0.2, 0) is 14.6 Å². The predicted molar refractivity (Wildman–Crippen MR) is 120 cm³/mol. The van der Waals surface area contributed by atoms with Gasteiger partial charge in [-0.1, -0.05) is 60.7 Å².